The quantitative estimate of drug-likeness (QED) is 0.847. The number of alkyl carbamates (subject to hydrolysis) is 1. The Morgan fingerprint density at radius 2 is 1.90 bits per heavy atom. The van der Waals surface area contributed by atoms with E-state index in [4.69, 9.17) is 9.47 Å². The number of carbonyl (C=O) groups excluding carboxylic acids is 1. The van der Waals surface area contributed by atoms with Gasteiger partial charge in [-0.15, -0.1) is 6.58 Å². The zero-order valence-electron chi connectivity index (χ0n) is 12.3. The summed E-state index contributed by atoms with van der Waals surface area (Å²) >= 11 is 0. The maximum Gasteiger partial charge on any atom is 0.408 e. The number of ether oxygens (including phenoxy) is 2. The van der Waals surface area contributed by atoms with Gasteiger partial charge in [-0.25, -0.2) is 13.6 Å². The van der Waals surface area contributed by atoms with Crippen LogP contribution in [0.25, 0.3) is 0 Å². The van der Waals surface area contributed by atoms with E-state index in [-0.39, 0.29) is 12.4 Å². The molecular weight excluding hydrogens is 280 g/mol. The summed E-state index contributed by atoms with van der Waals surface area (Å²) in [6.07, 6.45) is 0.820. The van der Waals surface area contributed by atoms with Crippen LogP contribution in [0.5, 0.6) is 5.75 Å². The fraction of sp³-hybridized carbons (Fsp3) is 0.400. The van der Waals surface area contributed by atoms with Crippen molar-refractivity contribution < 1.29 is 23.0 Å². The molecule has 116 valence electrons. The third-order valence-electron chi connectivity index (χ3n) is 2.25. The average Bonchev–Trinajstić information content (AvgIpc) is 2.30. The molecule has 21 heavy (non-hydrogen) atoms. The Morgan fingerprint density at radius 1 is 1.33 bits per heavy atom. The minimum atomic E-state index is -0.736. The van der Waals surface area contributed by atoms with Crippen molar-refractivity contribution in [2.45, 2.75) is 32.4 Å². The highest BCUT2D eigenvalue weighted by molar-refractivity contribution is 5.68. The fourth-order valence-corrected chi connectivity index (χ4v) is 1.43. The maximum atomic E-state index is 13.0. The van der Waals surface area contributed by atoms with E-state index in [9.17, 15) is 13.6 Å². The van der Waals surface area contributed by atoms with Gasteiger partial charge in [0.25, 0.3) is 0 Å². The molecule has 0 radical (unpaired) electrons. The van der Waals surface area contributed by atoms with Crippen LogP contribution in [0.3, 0.4) is 0 Å². The molecule has 0 spiro atoms. The third-order valence-corrected chi connectivity index (χ3v) is 2.25. The van der Waals surface area contributed by atoms with Crippen LogP contribution >= 0.6 is 0 Å². The van der Waals surface area contributed by atoms with Crippen LogP contribution in [0.4, 0.5) is 13.6 Å². The second-order valence-electron chi connectivity index (χ2n) is 5.40. The Hall–Kier alpha value is -2.11. The Kier molecular flexibility index (Phi) is 5.69. The van der Waals surface area contributed by atoms with Gasteiger partial charge in [0.2, 0.25) is 0 Å². The Bertz CT molecular complexity index is 492. The van der Waals surface area contributed by atoms with E-state index >= 15 is 0 Å². The molecule has 0 aromatic heterocycles. The molecule has 0 unspecified atom stereocenters. The van der Waals surface area contributed by atoms with Crippen molar-refractivity contribution in [2.75, 3.05) is 6.61 Å². The predicted octanol–water partition coefficient (Wildman–Crippen LogP) is 3.42. The van der Waals surface area contributed by atoms with Crippen molar-refractivity contribution in [2.24, 2.45) is 0 Å². The Balaban J connectivity index is 2.54. The summed E-state index contributed by atoms with van der Waals surface area (Å²) < 4.78 is 36.3. The predicted molar refractivity (Wildman–Crippen MR) is 75.2 cm³/mol. The number of nitrogens with one attached hydrogen (secondary N) is 1. The van der Waals surface area contributed by atoms with Crippen molar-refractivity contribution >= 4 is 6.09 Å². The summed E-state index contributed by atoms with van der Waals surface area (Å²) in [6.45, 7) is 8.75. The lowest BCUT2D eigenvalue weighted by Gasteiger charge is -2.22. The summed E-state index contributed by atoms with van der Waals surface area (Å²) in [4.78, 5) is 11.6. The first-order valence-corrected chi connectivity index (χ1v) is 6.40. The summed E-state index contributed by atoms with van der Waals surface area (Å²) in [5.74, 6) is -1.44. The highest BCUT2D eigenvalue weighted by atomic mass is 19.1. The lowest BCUT2D eigenvalue weighted by molar-refractivity contribution is 0.0502. The number of carbonyl (C=O) groups is 1. The molecule has 1 aromatic rings. The molecule has 0 aliphatic carbocycles. The zero-order valence-corrected chi connectivity index (χ0v) is 12.3. The largest absolute Gasteiger partial charge is 0.491 e. The van der Waals surface area contributed by atoms with E-state index in [1.807, 2.05) is 0 Å². The Morgan fingerprint density at radius 3 is 2.38 bits per heavy atom. The van der Waals surface area contributed by atoms with Crippen molar-refractivity contribution in [3.63, 3.8) is 0 Å². The van der Waals surface area contributed by atoms with Crippen molar-refractivity contribution in [1.82, 2.24) is 5.32 Å². The average molecular weight is 299 g/mol. The highest BCUT2D eigenvalue weighted by Gasteiger charge is 2.18. The van der Waals surface area contributed by atoms with E-state index in [1.54, 1.807) is 20.8 Å². The molecule has 4 nitrogen and oxygen atoms in total. The molecule has 1 N–H and O–H groups in total. The van der Waals surface area contributed by atoms with Crippen LogP contribution in [0.15, 0.2) is 30.9 Å². The van der Waals surface area contributed by atoms with E-state index < -0.39 is 29.4 Å². The van der Waals surface area contributed by atoms with Gasteiger partial charge in [0, 0.05) is 18.2 Å². The molecule has 1 atom stereocenters. The molecule has 0 bridgehead atoms. The lowest BCUT2D eigenvalue weighted by Crippen LogP contribution is -2.41. The molecule has 0 saturated carbocycles. The smallest absolute Gasteiger partial charge is 0.408 e. The number of rotatable bonds is 5. The van der Waals surface area contributed by atoms with Gasteiger partial charge in [-0.05, 0) is 20.8 Å². The first kappa shape index (κ1) is 16.9. The summed E-state index contributed by atoms with van der Waals surface area (Å²) in [5, 5.41) is 2.53. The number of hydrogen-bond donors (Lipinski definition) is 1. The number of halogens is 2. The number of hydrogen-bond acceptors (Lipinski definition) is 3. The van der Waals surface area contributed by atoms with Gasteiger partial charge in [0.15, 0.2) is 0 Å². The zero-order chi connectivity index (χ0) is 16.0. The van der Waals surface area contributed by atoms with Gasteiger partial charge < -0.3 is 14.8 Å². The molecule has 0 aliphatic heterocycles. The molecule has 0 fully saturated rings. The molecule has 1 amide bonds. The molecule has 1 aromatic carbocycles. The normalized spacial score (nSPS) is 12.4. The van der Waals surface area contributed by atoms with Crippen molar-refractivity contribution in [3.05, 3.63) is 42.5 Å². The van der Waals surface area contributed by atoms with Crippen LogP contribution in [-0.4, -0.2) is 24.3 Å². The topological polar surface area (TPSA) is 47.6 Å². The van der Waals surface area contributed by atoms with Crippen LogP contribution in [0, 0.1) is 11.6 Å². The van der Waals surface area contributed by atoms with Gasteiger partial charge in [-0.3, -0.25) is 0 Å². The van der Waals surface area contributed by atoms with E-state index in [2.05, 4.69) is 11.9 Å². The van der Waals surface area contributed by atoms with Crippen molar-refractivity contribution in [1.29, 1.82) is 0 Å². The summed E-state index contributed by atoms with van der Waals surface area (Å²) in [7, 11) is 0. The number of amides is 1. The lowest BCUT2D eigenvalue weighted by atomic mass is 10.2. The molecule has 6 heteroatoms. The van der Waals surface area contributed by atoms with E-state index in [0.29, 0.717) is 0 Å². The standard InChI is InChI=1S/C15H19F2NO3/c1-5-12(18-14(19)21-15(2,3)4)9-20-13-7-10(16)6-11(17)8-13/h5-8,12H,1,9H2,2-4H3,(H,18,19)/t12-/m1/s1. The number of benzene rings is 1. The first-order valence-electron chi connectivity index (χ1n) is 6.40. The van der Waals surface area contributed by atoms with Crippen molar-refractivity contribution in [3.8, 4) is 5.75 Å². The van der Waals surface area contributed by atoms with E-state index in [0.717, 1.165) is 18.2 Å². The minimum absolute atomic E-state index is 0.0222. The van der Waals surface area contributed by atoms with Gasteiger partial charge in [0.1, 0.15) is 29.6 Å². The molecule has 0 aliphatic rings. The molecule has 0 heterocycles. The molecule has 1 rings (SSSR count). The molecule has 0 saturated heterocycles. The van der Waals surface area contributed by atoms with Gasteiger partial charge >= 0.3 is 6.09 Å². The SMILES string of the molecule is C=C[C@H](COc1cc(F)cc(F)c1)NC(=O)OC(C)(C)C. The monoisotopic (exact) mass is 299 g/mol. The minimum Gasteiger partial charge on any atom is -0.491 e. The first-order chi connectivity index (χ1) is 9.69. The van der Waals surface area contributed by atoms with Crippen LogP contribution < -0.4 is 10.1 Å². The summed E-state index contributed by atoms with van der Waals surface area (Å²) in [5.41, 5.74) is -0.623. The second-order valence-corrected chi connectivity index (χ2v) is 5.40. The fourth-order valence-electron chi connectivity index (χ4n) is 1.43. The molecular formula is C15H19F2NO3. The van der Waals surface area contributed by atoms with Gasteiger partial charge in [-0.1, -0.05) is 6.08 Å². The van der Waals surface area contributed by atoms with E-state index in [1.165, 1.54) is 6.08 Å². The highest BCUT2D eigenvalue weighted by Crippen LogP contribution is 2.15. The second kappa shape index (κ2) is 7.06. The van der Waals surface area contributed by atoms with Crippen LogP contribution in [-0.2, 0) is 4.74 Å². The Labute approximate surface area is 122 Å². The summed E-state index contributed by atoms with van der Waals surface area (Å²) in [6, 6.07) is 2.30. The van der Waals surface area contributed by atoms with Crippen LogP contribution in [0.2, 0.25) is 0 Å². The third kappa shape index (κ3) is 6.74. The van der Waals surface area contributed by atoms with Crippen LogP contribution in [0.1, 0.15) is 20.8 Å². The van der Waals surface area contributed by atoms with Gasteiger partial charge in [-0.2, -0.15) is 0 Å². The maximum absolute atomic E-state index is 13.0. The van der Waals surface area contributed by atoms with Gasteiger partial charge in [0.05, 0.1) is 6.04 Å².